The lowest BCUT2D eigenvalue weighted by atomic mass is 10.00. The Kier molecular flexibility index (Phi) is 4.56. The van der Waals surface area contributed by atoms with Crippen molar-refractivity contribution in [3.63, 3.8) is 0 Å². The average Bonchev–Trinajstić information content (AvgIpc) is 2.42. The Morgan fingerprint density at radius 3 is 2.45 bits per heavy atom. The summed E-state index contributed by atoms with van der Waals surface area (Å²) in [5.41, 5.74) is 5.70. The van der Waals surface area contributed by atoms with Crippen molar-refractivity contribution >= 4 is 0 Å². The number of nitrogens with one attached hydrogen (secondary N) is 1. The van der Waals surface area contributed by atoms with Crippen molar-refractivity contribution in [2.45, 2.75) is 40.3 Å². The van der Waals surface area contributed by atoms with Crippen molar-refractivity contribution in [2.24, 2.45) is 0 Å². The first-order chi connectivity index (χ1) is 9.47. The smallest absolute Gasteiger partial charge is 0.126 e. The number of benzene rings is 2. The standard InChI is InChI=1S/C18H22FN/c1-12-5-6-13(2)17(9-12)15(4)20-11-16-7-8-18(19)14(3)10-16/h5-10,15,20H,11H2,1-4H3. The van der Waals surface area contributed by atoms with Gasteiger partial charge in [-0.3, -0.25) is 0 Å². The van der Waals surface area contributed by atoms with Crippen molar-refractivity contribution in [1.82, 2.24) is 5.32 Å². The van der Waals surface area contributed by atoms with Crippen LogP contribution in [0.3, 0.4) is 0 Å². The lowest BCUT2D eigenvalue weighted by Gasteiger charge is -2.17. The Bertz CT molecular complexity index is 604. The molecule has 0 spiro atoms. The van der Waals surface area contributed by atoms with Gasteiger partial charge in [0.2, 0.25) is 0 Å². The molecule has 0 saturated heterocycles. The molecule has 106 valence electrons. The highest BCUT2D eigenvalue weighted by molar-refractivity contribution is 5.33. The zero-order valence-electron chi connectivity index (χ0n) is 12.6. The van der Waals surface area contributed by atoms with Crippen LogP contribution in [0.1, 0.15) is 40.8 Å². The molecule has 0 radical (unpaired) electrons. The van der Waals surface area contributed by atoms with Crippen LogP contribution in [0, 0.1) is 26.6 Å². The molecular weight excluding hydrogens is 249 g/mol. The number of rotatable bonds is 4. The first-order valence-electron chi connectivity index (χ1n) is 7.03. The average molecular weight is 271 g/mol. The molecule has 0 heterocycles. The largest absolute Gasteiger partial charge is 0.306 e. The van der Waals surface area contributed by atoms with Gasteiger partial charge < -0.3 is 5.32 Å². The van der Waals surface area contributed by atoms with Crippen LogP contribution in [-0.4, -0.2) is 0 Å². The van der Waals surface area contributed by atoms with Crippen LogP contribution >= 0.6 is 0 Å². The van der Waals surface area contributed by atoms with Gasteiger partial charge in [0.25, 0.3) is 0 Å². The number of aryl methyl sites for hydroxylation is 3. The predicted molar refractivity (Wildman–Crippen MR) is 82.3 cm³/mol. The van der Waals surface area contributed by atoms with Gasteiger partial charge in [0.15, 0.2) is 0 Å². The molecule has 0 fully saturated rings. The summed E-state index contributed by atoms with van der Waals surface area (Å²) in [6.07, 6.45) is 0. The molecule has 0 aromatic heterocycles. The second-order valence-corrected chi connectivity index (χ2v) is 5.55. The van der Waals surface area contributed by atoms with Gasteiger partial charge in [-0.2, -0.15) is 0 Å². The Morgan fingerprint density at radius 2 is 1.75 bits per heavy atom. The van der Waals surface area contributed by atoms with E-state index in [9.17, 15) is 4.39 Å². The van der Waals surface area contributed by atoms with E-state index in [1.54, 1.807) is 6.92 Å². The molecule has 2 aromatic carbocycles. The molecule has 1 unspecified atom stereocenters. The monoisotopic (exact) mass is 271 g/mol. The molecule has 0 aliphatic rings. The summed E-state index contributed by atoms with van der Waals surface area (Å²) in [6.45, 7) is 8.95. The van der Waals surface area contributed by atoms with Gasteiger partial charge in [-0.25, -0.2) is 4.39 Å². The zero-order valence-corrected chi connectivity index (χ0v) is 12.6. The van der Waals surface area contributed by atoms with Crippen molar-refractivity contribution in [1.29, 1.82) is 0 Å². The fourth-order valence-corrected chi connectivity index (χ4v) is 2.42. The van der Waals surface area contributed by atoms with E-state index in [0.717, 1.165) is 12.1 Å². The highest BCUT2D eigenvalue weighted by atomic mass is 19.1. The third kappa shape index (κ3) is 3.45. The molecule has 0 saturated carbocycles. The summed E-state index contributed by atoms with van der Waals surface area (Å²) < 4.78 is 13.2. The maximum Gasteiger partial charge on any atom is 0.126 e. The second kappa shape index (κ2) is 6.19. The predicted octanol–water partition coefficient (Wildman–Crippen LogP) is 4.60. The number of hydrogen-bond acceptors (Lipinski definition) is 1. The zero-order chi connectivity index (χ0) is 14.7. The van der Waals surface area contributed by atoms with Crippen LogP contribution in [-0.2, 0) is 6.54 Å². The summed E-state index contributed by atoms with van der Waals surface area (Å²) in [7, 11) is 0. The van der Waals surface area contributed by atoms with E-state index >= 15 is 0 Å². The maximum atomic E-state index is 13.2. The Labute approximate surface area is 120 Å². The lowest BCUT2D eigenvalue weighted by Crippen LogP contribution is -2.19. The van der Waals surface area contributed by atoms with E-state index in [-0.39, 0.29) is 11.9 Å². The van der Waals surface area contributed by atoms with Gasteiger partial charge in [0, 0.05) is 12.6 Å². The van der Waals surface area contributed by atoms with E-state index in [1.807, 2.05) is 12.1 Å². The molecule has 0 aliphatic heterocycles. The highest BCUT2D eigenvalue weighted by Gasteiger charge is 2.08. The Hall–Kier alpha value is -1.67. The quantitative estimate of drug-likeness (QED) is 0.856. The molecule has 1 nitrogen and oxygen atoms in total. The van der Waals surface area contributed by atoms with Crippen molar-refractivity contribution < 1.29 is 4.39 Å². The van der Waals surface area contributed by atoms with Gasteiger partial charge in [0.05, 0.1) is 0 Å². The first-order valence-corrected chi connectivity index (χ1v) is 7.03. The lowest BCUT2D eigenvalue weighted by molar-refractivity contribution is 0.569. The summed E-state index contributed by atoms with van der Waals surface area (Å²) in [4.78, 5) is 0. The molecule has 0 aliphatic carbocycles. The van der Waals surface area contributed by atoms with Crippen LogP contribution in [0.5, 0.6) is 0 Å². The third-order valence-electron chi connectivity index (χ3n) is 3.74. The van der Waals surface area contributed by atoms with E-state index in [4.69, 9.17) is 0 Å². The molecule has 2 aromatic rings. The van der Waals surface area contributed by atoms with E-state index in [2.05, 4.69) is 44.3 Å². The topological polar surface area (TPSA) is 12.0 Å². The molecular formula is C18H22FN. The van der Waals surface area contributed by atoms with Crippen molar-refractivity contribution in [2.75, 3.05) is 0 Å². The summed E-state index contributed by atoms with van der Waals surface area (Å²) in [5, 5.41) is 3.51. The third-order valence-corrected chi connectivity index (χ3v) is 3.74. The van der Waals surface area contributed by atoms with E-state index < -0.39 is 0 Å². The molecule has 20 heavy (non-hydrogen) atoms. The van der Waals surface area contributed by atoms with Crippen LogP contribution < -0.4 is 5.32 Å². The Morgan fingerprint density at radius 1 is 1.00 bits per heavy atom. The number of hydrogen-bond donors (Lipinski definition) is 1. The fourth-order valence-electron chi connectivity index (χ4n) is 2.42. The highest BCUT2D eigenvalue weighted by Crippen LogP contribution is 2.19. The minimum absolute atomic E-state index is 0.142. The van der Waals surface area contributed by atoms with E-state index in [0.29, 0.717) is 5.56 Å². The van der Waals surface area contributed by atoms with Crippen LogP contribution in [0.2, 0.25) is 0 Å². The second-order valence-electron chi connectivity index (χ2n) is 5.55. The minimum Gasteiger partial charge on any atom is -0.306 e. The summed E-state index contributed by atoms with van der Waals surface area (Å²) in [5.74, 6) is -0.142. The summed E-state index contributed by atoms with van der Waals surface area (Å²) in [6, 6.07) is 12.1. The molecule has 2 rings (SSSR count). The van der Waals surface area contributed by atoms with E-state index in [1.165, 1.54) is 22.8 Å². The molecule has 0 bridgehead atoms. The van der Waals surface area contributed by atoms with Crippen LogP contribution in [0.25, 0.3) is 0 Å². The van der Waals surface area contributed by atoms with Gasteiger partial charge in [0.1, 0.15) is 5.82 Å². The molecule has 1 N–H and O–H groups in total. The molecule has 0 amide bonds. The summed E-state index contributed by atoms with van der Waals surface area (Å²) >= 11 is 0. The molecule has 1 atom stereocenters. The van der Waals surface area contributed by atoms with Gasteiger partial charge >= 0.3 is 0 Å². The van der Waals surface area contributed by atoms with Crippen molar-refractivity contribution in [3.8, 4) is 0 Å². The van der Waals surface area contributed by atoms with Crippen LogP contribution in [0.4, 0.5) is 4.39 Å². The first kappa shape index (κ1) is 14.7. The molecule has 2 heteroatoms. The van der Waals surface area contributed by atoms with Crippen LogP contribution in [0.15, 0.2) is 36.4 Å². The van der Waals surface area contributed by atoms with Crippen molar-refractivity contribution in [3.05, 3.63) is 70.0 Å². The SMILES string of the molecule is Cc1ccc(C)c(C(C)NCc2ccc(F)c(C)c2)c1. The minimum atomic E-state index is -0.142. The van der Waals surface area contributed by atoms with Gasteiger partial charge in [-0.1, -0.05) is 35.9 Å². The fraction of sp³-hybridized carbons (Fsp3) is 0.333. The Balaban J connectivity index is 2.06. The van der Waals surface area contributed by atoms with Gasteiger partial charge in [-0.05, 0) is 56.0 Å². The normalized spacial score (nSPS) is 12.4. The van der Waals surface area contributed by atoms with Gasteiger partial charge in [-0.15, -0.1) is 0 Å². The number of halogens is 1. The maximum absolute atomic E-state index is 13.2.